The summed E-state index contributed by atoms with van der Waals surface area (Å²) < 4.78 is 0. The van der Waals surface area contributed by atoms with Gasteiger partial charge in [0.2, 0.25) is 0 Å². The van der Waals surface area contributed by atoms with Gasteiger partial charge in [0.15, 0.2) is 0 Å². The van der Waals surface area contributed by atoms with Crippen LogP contribution in [0.2, 0.25) is 0 Å². The van der Waals surface area contributed by atoms with Crippen LogP contribution in [0, 0.1) is 0 Å². The monoisotopic (exact) mass is 268 g/mol. The molecule has 4 N–H and O–H groups in total. The lowest BCUT2D eigenvalue weighted by atomic mass is 10.1. The molecule has 0 rings (SSSR count). The van der Waals surface area contributed by atoms with E-state index in [0.717, 1.165) is 0 Å². The largest absolute Gasteiger partial charge is 0.480 e. The van der Waals surface area contributed by atoms with Gasteiger partial charge in [-0.05, 0) is 11.8 Å². The molecule has 0 aromatic heterocycles. The van der Waals surface area contributed by atoms with Crippen LogP contribution in [0.25, 0.3) is 0 Å². The summed E-state index contributed by atoms with van der Waals surface area (Å²) in [5, 5.41) is 6.60. The van der Waals surface area contributed by atoms with E-state index in [4.69, 9.17) is 57.4 Å². The second-order valence-corrected chi connectivity index (χ2v) is 3.96. The van der Waals surface area contributed by atoms with Crippen molar-refractivity contribution in [1.82, 2.24) is 4.84 Å². The maximum absolute atomic E-state index is 10.4. The molecular weight excluding hydrogens is 262 g/mol. The first-order valence-electron chi connectivity index (χ1n) is 3.18. The van der Waals surface area contributed by atoms with Gasteiger partial charge in [0.1, 0.15) is 11.5 Å². The van der Waals surface area contributed by atoms with Crippen LogP contribution < -0.4 is 10.6 Å². The molecule has 0 aliphatic carbocycles. The minimum Gasteiger partial charge on any atom is -0.480 e. The van der Waals surface area contributed by atoms with Gasteiger partial charge in [0.25, 0.3) is 0 Å². The third-order valence-corrected chi connectivity index (χ3v) is 3.37. The number of alkyl halides is 3. The predicted octanol–water partition coefficient (Wildman–Crippen LogP) is 0.921. The Hall–Kier alpha value is 0.550. The molecule has 0 aliphatic heterocycles. The number of nitrogens with two attached hydrogens (primary N) is 1. The zero-order valence-electron chi connectivity index (χ0n) is 6.25. The number of halogens is 4. The van der Waals surface area contributed by atoms with Crippen LogP contribution >= 0.6 is 46.6 Å². The highest BCUT2D eigenvalue weighted by atomic mass is 35.5. The summed E-state index contributed by atoms with van der Waals surface area (Å²) in [7, 11) is 0. The Morgan fingerprint density at radius 1 is 1.31 bits per heavy atom. The van der Waals surface area contributed by atoms with Crippen molar-refractivity contribution in [2.24, 2.45) is 5.73 Å². The van der Waals surface area contributed by atoms with Gasteiger partial charge < -0.3 is 10.8 Å². The Bertz CT molecular complexity index is 182. The van der Waals surface area contributed by atoms with Crippen molar-refractivity contribution < 1.29 is 9.90 Å². The summed E-state index contributed by atoms with van der Waals surface area (Å²) in [5.41, 5.74) is 4.36. The van der Waals surface area contributed by atoms with E-state index >= 15 is 0 Å². The number of rotatable bonds is 5. The number of carboxylic acids is 1. The molecule has 78 valence electrons. The zero-order chi connectivity index (χ0) is 10.6. The number of carbonyl (C=O) groups is 1. The molecule has 0 fully saturated rings. The lowest BCUT2D eigenvalue weighted by molar-refractivity contribution is -0.138. The van der Waals surface area contributed by atoms with Gasteiger partial charge in [-0.15, -0.1) is 34.8 Å². The Morgan fingerprint density at radius 2 is 1.77 bits per heavy atom. The Kier molecular flexibility index (Phi) is 6.37. The lowest BCUT2D eigenvalue weighted by Gasteiger charge is -2.22. The summed E-state index contributed by atoms with van der Waals surface area (Å²) in [6.45, 7) is 0. The number of hydrogen-bond acceptors (Lipinski definition) is 3. The summed E-state index contributed by atoms with van der Waals surface area (Å²) in [5.74, 6) is -1.25. The molecule has 8 heteroatoms. The third-order valence-electron chi connectivity index (χ3n) is 1.32. The van der Waals surface area contributed by atoms with E-state index in [1.807, 2.05) is 0 Å². The quantitative estimate of drug-likeness (QED) is 0.394. The number of nitrogens with one attached hydrogen (secondary N) is 1. The first-order valence-corrected chi connectivity index (χ1v) is 4.87. The molecular formula is C5H8Cl4N2O2. The van der Waals surface area contributed by atoms with Gasteiger partial charge in [0, 0.05) is 0 Å². The van der Waals surface area contributed by atoms with Crippen LogP contribution in [0.4, 0.5) is 0 Å². The van der Waals surface area contributed by atoms with E-state index in [-0.39, 0.29) is 0 Å². The molecule has 13 heavy (non-hydrogen) atoms. The van der Waals surface area contributed by atoms with E-state index in [0.29, 0.717) is 0 Å². The molecule has 0 aromatic rings. The van der Waals surface area contributed by atoms with E-state index in [9.17, 15) is 4.79 Å². The summed E-state index contributed by atoms with van der Waals surface area (Å²) >= 11 is 22.0. The van der Waals surface area contributed by atoms with Gasteiger partial charge in [-0.25, -0.2) is 4.84 Å². The highest BCUT2D eigenvalue weighted by molar-refractivity contribution is 6.36. The predicted molar refractivity (Wildman–Crippen MR) is 53.5 cm³/mol. The van der Waals surface area contributed by atoms with Gasteiger partial charge in [0.05, 0.1) is 10.8 Å². The molecule has 0 aliphatic rings. The Labute approximate surface area is 95.4 Å². The number of aliphatic carboxylic acids is 1. The zero-order valence-corrected chi connectivity index (χ0v) is 9.28. The third kappa shape index (κ3) is 4.06. The number of carboxylic acid groups (broad SMARTS) is 1. The molecule has 0 saturated heterocycles. The second kappa shape index (κ2) is 6.11. The van der Waals surface area contributed by atoms with Crippen molar-refractivity contribution >= 4 is 52.5 Å². The van der Waals surface area contributed by atoms with E-state index in [1.54, 1.807) is 0 Å². The average molecular weight is 270 g/mol. The molecule has 0 heterocycles. The molecule has 0 saturated carbocycles. The van der Waals surface area contributed by atoms with E-state index in [1.165, 1.54) is 0 Å². The minimum atomic E-state index is -1.28. The van der Waals surface area contributed by atoms with Crippen LogP contribution in [0.5, 0.6) is 0 Å². The molecule has 0 bridgehead atoms. The molecule has 0 spiro atoms. The van der Waals surface area contributed by atoms with Crippen LogP contribution in [-0.4, -0.2) is 33.4 Å². The lowest BCUT2D eigenvalue weighted by Crippen LogP contribution is -2.47. The molecule has 4 atom stereocenters. The molecule has 4 unspecified atom stereocenters. The van der Waals surface area contributed by atoms with Crippen molar-refractivity contribution in [1.29, 1.82) is 0 Å². The second-order valence-electron chi connectivity index (χ2n) is 2.26. The normalized spacial score (nSPS) is 20.4. The van der Waals surface area contributed by atoms with Gasteiger partial charge in [-0.3, -0.25) is 4.79 Å². The Balaban J connectivity index is 4.24. The topological polar surface area (TPSA) is 75.4 Å². The van der Waals surface area contributed by atoms with Crippen molar-refractivity contribution in [3.63, 3.8) is 0 Å². The van der Waals surface area contributed by atoms with Gasteiger partial charge in [-0.2, -0.15) is 0 Å². The van der Waals surface area contributed by atoms with Crippen LogP contribution in [0.3, 0.4) is 0 Å². The smallest absolute Gasteiger partial charge is 0.322 e. The highest BCUT2D eigenvalue weighted by Gasteiger charge is 2.32. The van der Waals surface area contributed by atoms with Crippen molar-refractivity contribution in [3.05, 3.63) is 0 Å². The molecule has 0 amide bonds. The fourth-order valence-electron chi connectivity index (χ4n) is 0.556. The molecule has 0 aromatic carbocycles. The first-order chi connectivity index (χ1) is 5.91. The summed E-state index contributed by atoms with van der Waals surface area (Å²) in [6, 6.07) is -1.28. The maximum atomic E-state index is 10.4. The first kappa shape index (κ1) is 13.5. The SMILES string of the molecule is NC(C(=O)O)C(Cl)C(Cl)C(Cl)NCl. The summed E-state index contributed by atoms with van der Waals surface area (Å²) in [6.07, 6.45) is 0. The van der Waals surface area contributed by atoms with Gasteiger partial charge >= 0.3 is 5.97 Å². The van der Waals surface area contributed by atoms with Crippen LogP contribution in [0.15, 0.2) is 0 Å². The van der Waals surface area contributed by atoms with E-state index in [2.05, 4.69) is 4.84 Å². The minimum absolute atomic E-state index is 0.851. The number of hydrogen-bond donors (Lipinski definition) is 3. The van der Waals surface area contributed by atoms with Crippen molar-refractivity contribution in [2.75, 3.05) is 0 Å². The van der Waals surface area contributed by atoms with Crippen LogP contribution in [0.1, 0.15) is 0 Å². The average Bonchev–Trinajstić information content (AvgIpc) is 2.12. The molecule has 0 radical (unpaired) electrons. The fourth-order valence-corrected chi connectivity index (χ4v) is 1.46. The highest BCUT2D eigenvalue weighted by Crippen LogP contribution is 2.19. The van der Waals surface area contributed by atoms with E-state index < -0.39 is 28.3 Å². The standard InChI is InChI=1S/C5H8Cl4N2O2/c6-1(3(10)5(12)13)2(7)4(8)11-9/h1-4,11H,10H2,(H,12,13). The van der Waals surface area contributed by atoms with Crippen LogP contribution in [-0.2, 0) is 4.79 Å². The summed E-state index contributed by atoms with van der Waals surface area (Å²) in [4.78, 5) is 12.5. The van der Waals surface area contributed by atoms with Crippen molar-refractivity contribution in [2.45, 2.75) is 22.3 Å². The maximum Gasteiger partial charge on any atom is 0.322 e. The Morgan fingerprint density at radius 3 is 2.08 bits per heavy atom. The molecule has 4 nitrogen and oxygen atoms in total. The fraction of sp³-hybridized carbons (Fsp3) is 0.800. The van der Waals surface area contributed by atoms with Crippen molar-refractivity contribution in [3.8, 4) is 0 Å². The van der Waals surface area contributed by atoms with Gasteiger partial charge in [-0.1, -0.05) is 0 Å².